The van der Waals surface area contributed by atoms with Crippen molar-refractivity contribution in [2.45, 2.75) is 70.4 Å². The first-order chi connectivity index (χ1) is 8.22. The molecule has 0 aliphatic heterocycles. The Kier molecular flexibility index (Phi) is 4.43. The average Bonchev–Trinajstić information content (AvgIpc) is 3.19. The largest absolute Gasteiger partial charge is 0.338 e. The summed E-state index contributed by atoms with van der Waals surface area (Å²) in [5, 5.41) is 0. The van der Waals surface area contributed by atoms with E-state index in [0.29, 0.717) is 6.04 Å². The summed E-state index contributed by atoms with van der Waals surface area (Å²) < 4.78 is 0. The van der Waals surface area contributed by atoms with Crippen LogP contribution in [0.1, 0.15) is 58.3 Å². The molecular weight excluding hydrogens is 212 g/mol. The van der Waals surface area contributed by atoms with Gasteiger partial charge in [-0.2, -0.15) is 0 Å². The second-order valence-corrected chi connectivity index (χ2v) is 5.74. The van der Waals surface area contributed by atoms with E-state index in [2.05, 4.69) is 4.90 Å². The SMILES string of the molecule is CCC(N)C(=O)N(CC1CCCCC1)C1CC1. The van der Waals surface area contributed by atoms with E-state index < -0.39 is 0 Å². The van der Waals surface area contributed by atoms with Crippen molar-refractivity contribution >= 4 is 5.91 Å². The second-order valence-electron chi connectivity index (χ2n) is 5.74. The molecule has 2 rings (SSSR count). The van der Waals surface area contributed by atoms with Gasteiger partial charge in [0, 0.05) is 12.6 Å². The van der Waals surface area contributed by atoms with Crippen LogP contribution in [0.15, 0.2) is 0 Å². The number of hydrogen-bond acceptors (Lipinski definition) is 2. The van der Waals surface area contributed by atoms with Crippen LogP contribution < -0.4 is 5.73 Å². The smallest absolute Gasteiger partial charge is 0.239 e. The minimum absolute atomic E-state index is 0.195. The van der Waals surface area contributed by atoms with Crippen LogP contribution in [0.4, 0.5) is 0 Å². The highest BCUT2D eigenvalue weighted by Gasteiger charge is 2.35. The van der Waals surface area contributed by atoms with E-state index in [4.69, 9.17) is 5.73 Å². The van der Waals surface area contributed by atoms with Gasteiger partial charge in [-0.3, -0.25) is 4.79 Å². The van der Waals surface area contributed by atoms with Crippen LogP contribution >= 0.6 is 0 Å². The molecule has 2 saturated carbocycles. The van der Waals surface area contributed by atoms with Crippen LogP contribution in [0, 0.1) is 5.92 Å². The Hall–Kier alpha value is -0.570. The standard InChI is InChI=1S/C14H26N2O/c1-2-13(15)14(17)16(12-8-9-12)10-11-6-4-3-5-7-11/h11-13H,2-10,15H2,1H3. The second kappa shape index (κ2) is 5.85. The van der Waals surface area contributed by atoms with Gasteiger partial charge in [-0.25, -0.2) is 0 Å². The Balaban J connectivity index is 1.89. The van der Waals surface area contributed by atoms with Crippen molar-refractivity contribution in [2.75, 3.05) is 6.54 Å². The summed E-state index contributed by atoms with van der Waals surface area (Å²) in [5.41, 5.74) is 5.90. The maximum Gasteiger partial charge on any atom is 0.239 e. The number of nitrogens with two attached hydrogens (primary N) is 1. The predicted octanol–water partition coefficient (Wildman–Crippen LogP) is 2.29. The Bertz CT molecular complexity index is 257. The molecule has 17 heavy (non-hydrogen) atoms. The number of nitrogens with zero attached hydrogens (tertiary/aromatic N) is 1. The summed E-state index contributed by atoms with van der Waals surface area (Å²) in [6.45, 7) is 2.96. The van der Waals surface area contributed by atoms with E-state index in [1.807, 2.05) is 6.92 Å². The fourth-order valence-corrected chi connectivity index (χ4v) is 2.84. The third-order valence-corrected chi connectivity index (χ3v) is 4.21. The van der Waals surface area contributed by atoms with E-state index in [0.717, 1.165) is 18.9 Å². The van der Waals surface area contributed by atoms with Crippen LogP contribution in [0.25, 0.3) is 0 Å². The van der Waals surface area contributed by atoms with Gasteiger partial charge >= 0.3 is 0 Å². The lowest BCUT2D eigenvalue weighted by Crippen LogP contribution is -2.46. The molecule has 0 bridgehead atoms. The van der Waals surface area contributed by atoms with E-state index >= 15 is 0 Å². The van der Waals surface area contributed by atoms with Gasteiger partial charge in [-0.15, -0.1) is 0 Å². The van der Waals surface area contributed by atoms with Crippen molar-refractivity contribution in [3.63, 3.8) is 0 Å². The van der Waals surface area contributed by atoms with Crippen LogP contribution in [0.2, 0.25) is 0 Å². The molecular formula is C14H26N2O. The Morgan fingerprint density at radius 3 is 2.41 bits per heavy atom. The summed E-state index contributed by atoms with van der Waals surface area (Å²) in [4.78, 5) is 14.3. The highest BCUT2D eigenvalue weighted by Crippen LogP contribution is 2.31. The van der Waals surface area contributed by atoms with E-state index in [1.165, 1.54) is 44.9 Å². The molecule has 2 N–H and O–H groups in total. The molecule has 1 unspecified atom stereocenters. The molecule has 2 aliphatic rings. The van der Waals surface area contributed by atoms with Crippen molar-refractivity contribution in [3.05, 3.63) is 0 Å². The summed E-state index contributed by atoms with van der Waals surface area (Å²) in [5.74, 6) is 0.929. The van der Waals surface area contributed by atoms with Gasteiger partial charge in [-0.1, -0.05) is 26.2 Å². The summed E-state index contributed by atoms with van der Waals surface area (Å²) in [6.07, 6.45) is 9.81. The molecule has 3 heteroatoms. The zero-order chi connectivity index (χ0) is 12.3. The van der Waals surface area contributed by atoms with E-state index in [1.54, 1.807) is 0 Å². The maximum atomic E-state index is 12.2. The molecule has 1 atom stereocenters. The van der Waals surface area contributed by atoms with E-state index in [9.17, 15) is 4.79 Å². The van der Waals surface area contributed by atoms with Gasteiger partial charge in [0.2, 0.25) is 5.91 Å². The molecule has 0 aromatic carbocycles. The first-order valence-electron chi connectivity index (χ1n) is 7.28. The first kappa shape index (κ1) is 12.9. The Morgan fingerprint density at radius 1 is 1.24 bits per heavy atom. The lowest BCUT2D eigenvalue weighted by atomic mass is 9.88. The maximum absolute atomic E-state index is 12.2. The molecule has 2 aliphatic carbocycles. The highest BCUT2D eigenvalue weighted by molar-refractivity contribution is 5.82. The molecule has 3 nitrogen and oxygen atoms in total. The summed E-state index contributed by atoms with van der Waals surface area (Å²) in [6, 6.07) is 0.237. The number of amides is 1. The molecule has 0 aromatic heterocycles. The molecule has 98 valence electrons. The molecule has 0 spiro atoms. The first-order valence-corrected chi connectivity index (χ1v) is 7.28. The molecule has 0 heterocycles. The minimum atomic E-state index is -0.279. The number of carbonyl (C=O) groups excluding carboxylic acids is 1. The van der Waals surface area contributed by atoms with Gasteiger partial charge in [0.05, 0.1) is 6.04 Å². The normalized spacial score (nSPS) is 23.4. The quantitative estimate of drug-likeness (QED) is 0.799. The van der Waals surface area contributed by atoms with Crippen LogP contribution in [0.5, 0.6) is 0 Å². The van der Waals surface area contributed by atoms with Gasteiger partial charge in [0.1, 0.15) is 0 Å². The lowest BCUT2D eigenvalue weighted by Gasteiger charge is -2.31. The molecule has 1 amide bonds. The van der Waals surface area contributed by atoms with Gasteiger partial charge in [0.15, 0.2) is 0 Å². The van der Waals surface area contributed by atoms with Crippen molar-refractivity contribution in [2.24, 2.45) is 11.7 Å². The number of rotatable bonds is 5. The molecule has 2 fully saturated rings. The Labute approximate surface area is 105 Å². The molecule has 0 radical (unpaired) electrons. The third kappa shape index (κ3) is 3.44. The predicted molar refractivity (Wildman–Crippen MR) is 69.6 cm³/mol. The summed E-state index contributed by atoms with van der Waals surface area (Å²) >= 11 is 0. The van der Waals surface area contributed by atoms with Crippen LogP contribution in [-0.4, -0.2) is 29.4 Å². The molecule has 0 saturated heterocycles. The highest BCUT2D eigenvalue weighted by atomic mass is 16.2. The topological polar surface area (TPSA) is 46.3 Å². The van der Waals surface area contributed by atoms with Gasteiger partial charge < -0.3 is 10.6 Å². The van der Waals surface area contributed by atoms with E-state index in [-0.39, 0.29) is 11.9 Å². The van der Waals surface area contributed by atoms with Crippen molar-refractivity contribution < 1.29 is 4.79 Å². The summed E-state index contributed by atoms with van der Waals surface area (Å²) in [7, 11) is 0. The third-order valence-electron chi connectivity index (χ3n) is 4.21. The Morgan fingerprint density at radius 2 is 1.88 bits per heavy atom. The molecule has 0 aromatic rings. The fourth-order valence-electron chi connectivity index (χ4n) is 2.84. The van der Waals surface area contributed by atoms with Crippen LogP contribution in [0.3, 0.4) is 0 Å². The lowest BCUT2D eigenvalue weighted by molar-refractivity contribution is -0.134. The number of hydrogen-bond donors (Lipinski definition) is 1. The minimum Gasteiger partial charge on any atom is -0.338 e. The van der Waals surface area contributed by atoms with Crippen molar-refractivity contribution in [3.8, 4) is 0 Å². The van der Waals surface area contributed by atoms with Crippen LogP contribution in [-0.2, 0) is 4.79 Å². The zero-order valence-corrected chi connectivity index (χ0v) is 11.0. The average molecular weight is 238 g/mol. The van der Waals surface area contributed by atoms with Gasteiger partial charge in [0.25, 0.3) is 0 Å². The number of carbonyl (C=O) groups is 1. The van der Waals surface area contributed by atoms with Crippen molar-refractivity contribution in [1.29, 1.82) is 0 Å². The van der Waals surface area contributed by atoms with Crippen molar-refractivity contribution in [1.82, 2.24) is 4.90 Å². The van der Waals surface area contributed by atoms with Gasteiger partial charge in [-0.05, 0) is 38.0 Å². The monoisotopic (exact) mass is 238 g/mol. The zero-order valence-electron chi connectivity index (χ0n) is 11.0. The fraction of sp³-hybridized carbons (Fsp3) is 0.929.